The van der Waals surface area contributed by atoms with Crippen molar-refractivity contribution < 1.29 is 9.53 Å². The van der Waals surface area contributed by atoms with Gasteiger partial charge in [-0.1, -0.05) is 46.3 Å². The molecule has 0 atom stereocenters. The fourth-order valence-electron chi connectivity index (χ4n) is 2.48. The summed E-state index contributed by atoms with van der Waals surface area (Å²) >= 11 is 3.59. The molecule has 2 rings (SSSR count). The minimum atomic E-state index is -0.499. The number of rotatable bonds is 8. The molecular formula is C20H26BrIN4O2. The molecule has 0 aliphatic rings. The fourth-order valence-corrected chi connectivity index (χ4v) is 2.89. The maximum Gasteiger partial charge on any atom is 0.255 e. The third-order valence-electron chi connectivity index (χ3n) is 3.75. The van der Waals surface area contributed by atoms with Crippen LogP contribution in [0.15, 0.2) is 58.0 Å². The molecule has 28 heavy (non-hydrogen) atoms. The molecule has 0 fully saturated rings. The molecule has 0 bridgehead atoms. The van der Waals surface area contributed by atoms with E-state index in [9.17, 15) is 4.79 Å². The van der Waals surface area contributed by atoms with Gasteiger partial charge in [0.15, 0.2) is 12.6 Å². The molecule has 0 spiro atoms. The Morgan fingerprint density at radius 3 is 2.68 bits per heavy atom. The van der Waals surface area contributed by atoms with Gasteiger partial charge < -0.3 is 20.7 Å². The van der Waals surface area contributed by atoms with Crippen molar-refractivity contribution in [1.29, 1.82) is 0 Å². The number of carbonyl (C=O) groups is 1. The molecule has 0 heterocycles. The van der Waals surface area contributed by atoms with E-state index >= 15 is 0 Å². The number of ether oxygens (including phenoxy) is 1. The number of hydrogen-bond acceptors (Lipinski definition) is 3. The molecule has 0 saturated heterocycles. The van der Waals surface area contributed by atoms with Gasteiger partial charge in [-0.25, -0.2) is 4.99 Å². The number of aliphatic imine (C=N–C) groups is 1. The number of amides is 1. The van der Waals surface area contributed by atoms with E-state index in [1.165, 1.54) is 5.56 Å². The summed E-state index contributed by atoms with van der Waals surface area (Å²) in [5.74, 6) is 0.923. The van der Waals surface area contributed by atoms with E-state index in [-0.39, 0.29) is 30.6 Å². The molecule has 0 aromatic heterocycles. The molecule has 152 valence electrons. The van der Waals surface area contributed by atoms with Crippen LogP contribution in [0.2, 0.25) is 0 Å². The first-order valence-corrected chi connectivity index (χ1v) is 9.51. The third-order valence-corrected chi connectivity index (χ3v) is 4.53. The quantitative estimate of drug-likeness (QED) is 0.294. The Morgan fingerprint density at radius 1 is 1.25 bits per heavy atom. The molecule has 0 saturated carbocycles. The molecule has 6 nitrogen and oxygen atoms in total. The monoisotopic (exact) mass is 560 g/mol. The number of guanidine groups is 1. The van der Waals surface area contributed by atoms with Gasteiger partial charge in [-0.15, -0.1) is 24.0 Å². The zero-order valence-corrected chi connectivity index (χ0v) is 19.9. The third kappa shape index (κ3) is 8.05. The average molecular weight is 561 g/mol. The van der Waals surface area contributed by atoms with Crippen LogP contribution >= 0.6 is 39.9 Å². The number of hydrogen-bond donors (Lipinski definition) is 2. The second kappa shape index (κ2) is 12.6. The van der Waals surface area contributed by atoms with Gasteiger partial charge in [0.05, 0.1) is 6.54 Å². The Labute approximate surface area is 191 Å². The topological polar surface area (TPSA) is 80.0 Å². The first-order chi connectivity index (χ1) is 13.0. The number of carbonyl (C=O) groups excluding carboxylic acids is 1. The summed E-state index contributed by atoms with van der Waals surface area (Å²) in [6.45, 7) is 3.91. The van der Waals surface area contributed by atoms with Crippen LogP contribution in [0.5, 0.6) is 5.75 Å². The molecule has 0 unspecified atom stereocenters. The summed E-state index contributed by atoms with van der Waals surface area (Å²) < 4.78 is 6.42. The highest BCUT2D eigenvalue weighted by Gasteiger charge is 2.08. The maximum atomic E-state index is 10.9. The van der Waals surface area contributed by atoms with Crippen molar-refractivity contribution in [2.45, 2.75) is 20.0 Å². The zero-order chi connectivity index (χ0) is 19.6. The fraction of sp³-hybridized carbons (Fsp3) is 0.300. The van der Waals surface area contributed by atoms with E-state index in [4.69, 9.17) is 15.5 Å². The van der Waals surface area contributed by atoms with Gasteiger partial charge in [-0.2, -0.15) is 0 Å². The molecule has 8 heteroatoms. The summed E-state index contributed by atoms with van der Waals surface area (Å²) in [4.78, 5) is 17.6. The Morgan fingerprint density at radius 2 is 2.00 bits per heavy atom. The number of primary amides is 1. The van der Waals surface area contributed by atoms with E-state index < -0.39 is 5.91 Å². The van der Waals surface area contributed by atoms with Crippen molar-refractivity contribution in [1.82, 2.24) is 10.2 Å². The number of nitrogens with two attached hydrogens (primary N) is 1. The summed E-state index contributed by atoms with van der Waals surface area (Å²) in [6.07, 6.45) is 0. The summed E-state index contributed by atoms with van der Waals surface area (Å²) in [6, 6.07) is 15.6. The Hall–Kier alpha value is -1.81. The van der Waals surface area contributed by atoms with Crippen LogP contribution in [0.1, 0.15) is 18.1 Å². The molecule has 0 radical (unpaired) electrons. The van der Waals surface area contributed by atoms with Gasteiger partial charge in [-0.3, -0.25) is 4.79 Å². The van der Waals surface area contributed by atoms with E-state index in [0.717, 1.165) is 29.1 Å². The Bertz CT molecular complexity index is 801. The highest BCUT2D eigenvalue weighted by atomic mass is 127. The summed E-state index contributed by atoms with van der Waals surface area (Å²) in [5, 5.41) is 3.32. The van der Waals surface area contributed by atoms with Gasteiger partial charge in [0.1, 0.15) is 5.75 Å². The van der Waals surface area contributed by atoms with Gasteiger partial charge in [0.25, 0.3) is 5.91 Å². The van der Waals surface area contributed by atoms with Crippen molar-refractivity contribution in [3.8, 4) is 5.75 Å². The minimum absolute atomic E-state index is 0. The second-order valence-electron chi connectivity index (χ2n) is 6.02. The molecule has 0 aliphatic heterocycles. The average Bonchev–Trinajstić information content (AvgIpc) is 2.65. The van der Waals surface area contributed by atoms with Crippen molar-refractivity contribution in [3.63, 3.8) is 0 Å². The molecule has 0 aliphatic carbocycles. The number of nitrogens with zero attached hydrogens (tertiary/aromatic N) is 2. The molecule has 2 aromatic rings. The normalized spacial score (nSPS) is 10.8. The molecule has 3 N–H and O–H groups in total. The smallest absolute Gasteiger partial charge is 0.255 e. The van der Waals surface area contributed by atoms with Gasteiger partial charge in [0.2, 0.25) is 0 Å². The van der Waals surface area contributed by atoms with E-state index in [0.29, 0.717) is 12.3 Å². The van der Waals surface area contributed by atoms with Crippen LogP contribution in [-0.4, -0.2) is 37.0 Å². The molecule has 1 amide bonds. The predicted octanol–water partition coefficient (Wildman–Crippen LogP) is 3.53. The van der Waals surface area contributed by atoms with E-state index in [1.54, 1.807) is 6.07 Å². The standard InChI is InChI=1S/C20H25BrN4O2.HI/c1-3-23-20(25(2)13-16-8-4-5-10-18(16)21)24-12-15-7-6-9-17(11-15)27-14-19(22)26;/h4-11H,3,12-14H2,1-2H3,(H2,22,26)(H,23,24);1H. The van der Waals surface area contributed by atoms with Crippen LogP contribution in [0.25, 0.3) is 0 Å². The van der Waals surface area contributed by atoms with Crippen molar-refractivity contribution in [2.24, 2.45) is 10.7 Å². The van der Waals surface area contributed by atoms with Crippen LogP contribution in [0.4, 0.5) is 0 Å². The Balaban J connectivity index is 0.00000392. The second-order valence-corrected chi connectivity index (χ2v) is 6.87. The minimum Gasteiger partial charge on any atom is -0.484 e. The van der Waals surface area contributed by atoms with Gasteiger partial charge in [-0.05, 0) is 36.2 Å². The SMILES string of the molecule is CCNC(=NCc1cccc(OCC(N)=O)c1)N(C)Cc1ccccc1Br.I. The number of halogens is 2. The number of benzene rings is 2. The van der Waals surface area contributed by atoms with Crippen LogP contribution in [-0.2, 0) is 17.9 Å². The van der Waals surface area contributed by atoms with Crippen molar-refractivity contribution in [3.05, 3.63) is 64.1 Å². The van der Waals surface area contributed by atoms with Gasteiger partial charge >= 0.3 is 0 Å². The van der Waals surface area contributed by atoms with E-state index in [2.05, 4.69) is 32.2 Å². The van der Waals surface area contributed by atoms with Crippen molar-refractivity contribution in [2.75, 3.05) is 20.2 Å². The summed E-state index contributed by atoms with van der Waals surface area (Å²) in [5.41, 5.74) is 7.29. The van der Waals surface area contributed by atoms with Crippen molar-refractivity contribution >= 4 is 51.8 Å². The lowest BCUT2D eigenvalue weighted by Crippen LogP contribution is -2.38. The highest BCUT2D eigenvalue weighted by Crippen LogP contribution is 2.18. The summed E-state index contributed by atoms with van der Waals surface area (Å²) in [7, 11) is 2.01. The maximum absolute atomic E-state index is 10.9. The van der Waals surface area contributed by atoms with Crippen LogP contribution < -0.4 is 15.8 Å². The van der Waals surface area contributed by atoms with Crippen LogP contribution in [0, 0.1) is 0 Å². The lowest BCUT2D eigenvalue weighted by molar-refractivity contribution is -0.119. The molecule has 2 aromatic carbocycles. The lowest BCUT2D eigenvalue weighted by atomic mass is 10.2. The largest absolute Gasteiger partial charge is 0.484 e. The van der Waals surface area contributed by atoms with Gasteiger partial charge in [0, 0.05) is 24.6 Å². The predicted molar refractivity (Wildman–Crippen MR) is 127 cm³/mol. The number of nitrogens with one attached hydrogen (secondary N) is 1. The zero-order valence-electron chi connectivity index (χ0n) is 16.0. The first kappa shape index (κ1) is 24.2. The molecular weight excluding hydrogens is 535 g/mol. The first-order valence-electron chi connectivity index (χ1n) is 8.72. The van der Waals surface area contributed by atoms with Crippen LogP contribution in [0.3, 0.4) is 0 Å². The Kier molecular flexibility index (Phi) is 10.9. The lowest BCUT2D eigenvalue weighted by Gasteiger charge is -2.22. The highest BCUT2D eigenvalue weighted by molar-refractivity contribution is 14.0. The van der Waals surface area contributed by atoms with E-state index in [1.807, 2.05) is 50.4 Å².